The van der Waals surface area contributed by atoms with Gasteiger partial charge in [-0.15, -0.1) is 11.8 Å². The maximum atomic E-state index is 12.6. The van der Waals surface area contributed by atoms with Crippen LogP contribution in [0.25, 0.3) is 0 Å². The fourth-order valence-electron chi connectivity index (χ4n) is 4.29. The van der Waals surface area contributed by atoms with E-state index in [1.165, 1.54) is 6.07 Å². The zero-order chi connectivity index (χ0) is 30.0. The van der Waals surface area contributed by atoms with Crippen molar-refractivity contribution in [2.45, 2.75) is 17.1 Å². The van der Waals surface area contributed by atoms with Crippen molar-refractivity contribution < 1.29 is 24.2 Å². The summed E-state index contributed by atoms with van der Waals surface area (Å²) in [5, 5.41) is 15.0. The van der Waals surface area contributed by atoms with Crippen LogP contribution in [0.3, 0.4) is 0 Å². The Bertz CT molecular complexity index is 1720. The first-order valence-corrected chi connectivity index (χ1v) is 14.5. The zero-order valence-corrected chi connectivity index (χ0v) is 23.8. The smallest absolute Gasteiger partial charge is 0.337 e. The van der Waals surface area contributed by atoms with Gasteiger partial charge in [0.25, 0.3) is 5.91 Å². The molecule has 0 aliphatic rings. The molecule has 7 nitrogen and oxygen atoms in total. The minimum atomic E-state index is -1.10. The average Bonchev–Trinajstić information content (AvgIpc) is 3.03. The van der Waals surface area contributed by atoms with E-state index < -0.39 is 5.97 Å². The van der Waals surface area contributed by atoms with Gasteiger partial charge < -0.3 is 20.5 Å². The number of nitrogens with one attached hydrogen (secondary N) is 2. The van der Waals surface area contributed by atoms with Gasteiger partial charge in [0, 0.05) is 21.9 Å². The summed E-state index contributed by atoms with van der Waals surface area (Å²) in [5.41, 5.74) is 3.50. The van der Waals surface area contributed by atoms with E-state index in [4.69, 9.17) is 4.74 Å². The maximum Gasteiger partial charge on any atom is 0.337 e. The number of thioether (sulfide) groups is 1. The summed E-state index contributed by atoms with van der Waals surface area (Å²) in [6.45, 7) is 0. The van der Waals surface area contributed by atoms with Crippen molar-refractivity contribution >= 4 is 40.9 Å². The van der Waals surface area contributed by atoms with Gasteiger partial charge in [-0.2, -0.15) is 0 Å². The molecule has 0 aliphatic heterocycles. The SMILES string of the molecule is O=C(Cc1ccc(Oc2ccc(SCc3ccccc3NC(=O)c3ccccc3)cc2)cc1)Nc1ccccc1C(=O)O. The van der Waals surface area contributed by atoms with E-state index in [9.17, 15) is 19.5 Å². The molecule has 0 atom stereocenters. The molecule has 0 aliphatic carbocycles. The van der Waals surface area contributed by atoms with Crippen LogP contribution in [0.2, 0.25) is 0 Å². The Morgan fingerprint density at radius 2 is 1.26 bits per heavy atom. The van der Waals surface area contributed by atoms with Gasteiger partial charge in [0.05, 0.1) is 17.7 Å². The van der Waals surface area contributed by atoms with Crippen LogP contribution in [0.1, 0.15) is 31.8 Å². The molecular formula is C35H28N2O5S. The Morgan fingerprint density at radius 1 is 0.651 bits per heavy atom. The first-order valence-electron chi connectivity index (χ1n) is 13.5. The topological polar surface area (TPSA) is 105 Å². The van der Waals surface area contributed by atoms with E-state index in [-0.39, 0.29) is 29.5 Å². The van der Waals surface area contributed by atoms with Crippen LogP contribution in [-0.2, 0) is 17.0 Å². The number of carboxylic acid groups (broad SMARTS) is 1. The van der Waals surface area contributed by atoms with E-state index in [2.05, 4.69) is 10.6 Å². The number of rotatable bonds is 11. The zero-order valence-electron chi connectivity index (χ0n) is 23.0. The highest BCUT2D eigenvalue weighted by Gasteiger charge is 2.13. The second-order valence-electron chi connectivity index (χ2n) is 9.56. The highest BCUT2D eigenvalue weighted by molar-refractivity contribution is 7.98. The number of carbonyl (C=O) groups is 3. The molecule has 0 bridgehead atoms. The van der Waals surface area contributed by atoms with Crippen LogP contribution >= 0.6 is 11.8 Å². The molecule has 5 aromatic rings. The van der Waals surface area contributed by atoms with E-state index >= 15 is 0 Å². The number of aromatic carboxylic acids is 1. The number of amides is 2. The first kappa shape index (κ1) is 29.2. The molecule has 3 N–H and O–H groups in total. The molecular weight excluding hydrogens is 560 g/mol. The third-order valence-corrected chi connectivity index (χ3v) is 7.54. The van der Waals surface area contributed by atoms with E-state index in [1.54, 1.807) is 66.4 Å². The predicted octanol–water partition coefficient (Wildman–Crippen LogP) is 7.90. The van der Waals surface area contributed by atoms with Crippen LogP contribution in [0.4, 0.5) is 11.4 Å². The van der Waals surface area contributed by atoms with Crippen molar-refractivity contribution in [3.8, 4) is 11.5 Å². The third-order valence-electron chi connectivity index (χ3n) is 6.47. The normalized spacial score (nSPS) is 10.5. The van der Waals surface area contributed by atoms with Crippen molar-refractivity contribution in [2.75, 3.05) is 10.6 Å². The van der Waals surface area contributed by atoms with Gasteiger partial charge in [-0.25, -0.2) is 4.79 Å². The Morgan fingerprint density at radius 3 is 1.95 bits per heavy atom. The van der Waals surface area contributed by atoms with Crippen LogP contribution in [0, 0.1) is 0 Å². The number of hydrogen-bond donors (Lipinski definition) is 3. The number of hydrogen-bond acceptors (Lipinski definition) is 5. The molecule has 0 saturated heterocycles. The summed E-state index contributed by atoms with van der Waals surface area (Å²) in [6, 6.07) is 38.2. The van der Waals surface area contributed by atoms with Crippen molar-refractivity contribution in [1.29, 1.82) is 0 Å². The summed E-state index contributed by atoms with van der Waals surface area (Å²) in [7, 11) is 0. The summed E-state index contributed by atoms with van der Waals surface area (Å²) in [4.78, 5) is 37.5. The van der Waals surface area contributed by atoms with Gasteiger partial charge in [0.1, 0.15) is 11.5 Å². The molecule has 5 rings (SSSR count). The van der Waals surface area contributed by atoms with Crippen molar-refractivity contribution in [3.63, 3.8) is 0 Å². The van der Waals surface area contributed by atoms with Gasteiger partial charge in [-0.1, -0.05) is 60.7 Å². The van der Waals surface area contributed by atoms with E-state index in [0.717, 1.165) is 21.7 Å². The van der Waals surface area contributed by atoms with E-state index in [1.807, 2.05) is 66.7 Å². The standard InChI is InChI=1S/C35H28N2O5S/c38-33(36-32-13-7-5-11-30(32)35(40)41)22-24-14-16-27(17-15-24)42-28-18-20-29(21-19-28)43-23-26-10-4-6-12-31(26)37-34(39)25-8-2-1-3-9-25/h1-21H,22-23H2,(H,36,38)(H,37,39)(H,40,41). The summed E-state index contributed by atoms with van der Waals surface area (Å²) in [5.74, 6) is 0.440. The number of benzene rings is 5. The number of carboxylic acids is 1. The lowest BCUT2D eigenvalue weighted by atomic mass is 10.1. The quantitative estimate of drug-likeness (QED) is 0.136. The van der Waals surface area contributed by atoms with Crippen LogP contribution in [0.5, 0.6) is 11.5 Å². The summed E-state index contributed by atoms with van der Waals surface area (Å²) < 4.78 is 5.98. The number of anilines is 2. The average molecular weight is 589 g/mol. The monoisotopic (exact) mass is 588 g/mol. The maximum absolute atomic E-state index is 12.6. The van der Waals surface area contributed by atoms with Gasteiger partial charge in [-0.3, -0.25) is 9.59 Å². The molecule has 2 amide bonds. The molecule has 0 unspecified atom stereocenters. The Labute approximate surface area is 253 Å². The molecule has 0 radical (unpaired) electrons. The second-order valence-corrected chi connectivity index (χ2v) is 10.6. The fraction of sp³-hybridized carbons (Fsp3) is 0.0571. The van der Waals surface area contributed by atoms with Gasteiger partial charge in [-0.05, 0) is 77.9 Å². The van der Waals surface area contributed by atoms with Crippen LogP contribution in [-0.4, -0.2) is 22.9 Å². The fourth-order valence-corrected chi connectivity index (χ4v) is 5.19. The van der Waals surface area contributed by atoms with Gasteiger partial charge in [0.15, 0.2) is 0 Å². The van der Waals surface area contributed by atoms with Crippen LogP contribution in [0.15, 0.2) is 132 Å². The molecule has 8 heteroatoms. The number of carbonyl (C=O) groups excluding carboxylic acids is 2. The first-order chi connectivity index (χ1) is 20.9. The Kier molecular flexibility index (Phi) is 9.51. The molecule has 0 fully saturated rings. The van der Waals surface area contributed by atoms with Gasteiger partial charge in [0.2, 0.25) is 5.91 Å². The van der Waals surface area contributed by atoms with Crippen molar-refractivity contribution in [1.82, 2.24) is 0 Å². The Balaban J connectivity index is 1.13. The van der Waals surface area contributed by atoms with Crippen molar-refractivity contribution in [2.24, 2.45) is 0 Å². The largest absolute Gasteiger partial charge is 0.478 e. The van der Waals surface area contributed by atoms with E-state index in [0.29, 0.717) is 22.8 Å². The summed E-state index contributed by atoms with van der Waals surface area (Å²) in [6.07, 6.45) is 0.0964. The highest BCUT2D eigenvalue weighted by Crippen LogP contribution is 2.30. The van der Waals surface area contributed by atoms with Crippen molar-refractivity contribution in [3.05, 3.63) is 150 Å². The summed E-state index contributed by atoms with van der Waals surface area (Å²) >= 11 is 1.66. The minimum absolute atomic E-state index is 0.0427. The number of ether oxygens (including phenoxy) is 1. The molecule has 214 valence electrons. The Hall–Kier alpha value is -5.34. The van der Waals surface area contributed by atoms with Crippen LogP contribution < -0.4 is 15.4 Å². The molecule has 5 aromatic carbocycles. The lowest BCUT2D eigenvalue weighted by Gasteiger charge is -2.12. The highest BCUT2D eigenvalue weighted by atomic mass is 32.2. The molecule has 0 heterocycles. The molecule has 0 saturated carbocycles. The second kappa shape index (κ2) is 14.0. The third kappa shape index (κ3) is 8.12. The minimum Gasteiger partial charge on any atom is -0.478 e. The molecule has 0 aromatic heterocycles. The lowest BCUT2D eigenvalue weighted by molar-refractivity contribution is -0.115. The molecule has 0 spiro atoms. The predicted molar refractivity (Wildman–Crippen MR) is 169 cm³/mol. The van der Waals surface area contributed by atoms with Gasteiger partial charge >= 0.3 is 5.97 Å². The molecule has 43 heavy (non-hydrogen) atoms. The lowest BCUT2D eigenvalue weighted by Crippen LogP contribution is -2.16. The number of para-hydroxylation sites is 2.